The molecule has 2 aromatic rings. The molecule has 0 unspecified atom stereocenters. The number of halogens is 1. The lowest BCUT2D eigenvalue weighted by atomic mass is 10.2. The van der Waals surface area contributed by atoms with E-state index in [0.29, 0.717) is 16.4 Å². The summed E-state index contributed by atoms with van der Waals surface area (Å²) in [6.07, 6.45) is 0. The number of aromatic amines is 1. The fourth-order valence-corrected chi connectivity index (χ4v) is 1.64. The average molecular weight is 251 g/mol. The lowest BCUT2D eigenvalue weighted by Gasteiger charge is -2.07. The number of nitrogens with zero attached hydrogens (tertiary/aromatic N) is 1. The fourth-order valence-electron chi connectivity index (χ4n) is 1.41. The number of aromatic nitrogens is 2. The van der Waals surface area contributed by atoms with Crippen molar-refractivity contribution < 1.29 is 4.79 Å². The first kappa shape index (κ1) is 11.5. The van der Waals surface area contributed by atoms with E-state index in [1.807, 2.05) is 6.92 Å². The summed E-state index contributed by atoms with van der Waals surface area (Å²) >= 11 is 5.83. The van der Waals surface area contributed by atoms with Gasteiger partial charge in [-0.05, 0) is 30.7 Å². The van der Waals surface area contributed by atoms with Gasteiger partial charge in [0.1, 0.15) is 11.5 Å². The van der Waals surface area contributed by atoms with Crippen LogP contribution >= 0.6 is 11.6 Å². The minimum absolute atomic E-state index is 0.281. The smallest absolute Gasteiger partial charge is 0.273 e. The van der Waals surface area contributed by atoms with Crippen LogP contribution in [0, 0.1) is 6.92 Å². The van der Waals surface area contributed by atoms with Gasteiger partial charge in [-0.3, -0.25) is 9.89 Å². The number of nitrogens with two attached hydrogens (primary N) is 1. The summed E-state index contributed by atoms with van der Waals surface area (Å²) in [7, 11) is 0. The molecule has 0 atom stereocenters. The molecule has 0 fully saturated rings. The number of hydrogen-bond acceptors (Lipinski definition) is 3. The van der Waals surface area contributed by atoms with Crippen molar-refractivity contribution in [1.29, 1.82) is 0 Å². The Morgan fingerprint density at radius 2 is 2.24 bits per heavy atom. The average Bonchev–Trinajstić information content (AvgIpc) is 2.69. The van der Waals surface area contributed by atoms with E-state index in [-0.39, 0.29) is 11.7 Å². The van der Waals surface area contributed by atoms with Crippen molar-refractivity contribution in [2.45, 2.75) is 6.92 Å². The topological polar surface area (TPSA) is 83.8 Å². The minimum Gasteiger partial charge on any atom is -0.382 e. The molecule has 1 aromatic heterocycles. The Labute approximate surface area is 103 Å². The number of carbonyl (C=O) groups excluding carboxylic acids is 1. The fraction of sp³-hybridized carbons (Fsp3) is 0.0909. The van der Waals surface area contributed by atoms with E-state index < -0.39 is 0 Å². The first-order chi connectivity index (χ1) is 8.06. The van der Waals surface area contributed by atoms with Crippen LogP contribution in [0.2, 0.25) is 5.02 Å². The highest BCUT2D eigenvalue weighted by Crippen LogP contribution is 2.20. The van der Waals surface area contributed by atoms with Crippen LogP contribution in [0.5, 0.6) is 0 Å². The summed E-state index contributed by atoms with van der Waals surface area (Å²) in [5, 5.41) is 9.60. The summed E-state index contributed by atoms with van der Waals surface area (Å²) < 4.78 is 0. The van der Waals surface area contributed by atoms with Crippen LogP contribution in [0.4, 0.5) is 11.5 Å². The van der Waals surface area contributed by atoms with Crippen molar-refractivity contribution in [3.63, 3.8) is 0 Å². The summed E-state index contributed by atoms with van der Waals surface area (Å²) in [6, 6.07) is 6.71. The Balaban J connectivity index is 2.18. The molecule has 0 saturated carbocycles. The Hall–Kier alpha value is -2.01. The van der Waals surface area contributed by atoms with Gasteiger partial charge in [-0.25, -0.2) is 0 Å². The van der Waals surface area contributed by atoms with Gasteiger partial charge in [0.25, 0.3) is 5.91 Å². The molecule has 4 N–H and O–H groups in total. The molecule has 1 amide bonds. The van der Waals surface area contributed by atoms with E-state index in [1.165, 1.54) is 6.07 Å². The first-order valence-corrected chi connectivity index (χ1v) is 5.32. The van der Waals surface area contributed by atoms with Crippen molar-refractivity contribution in [3.05, 3.63) is 40.5 Å². The van der Waals surface area contributed by atoms with Gasteiger partial charge in [-0.15, -0.1) is 0 Å². The van der Waals surface area contributed by atoms with Crippen LogP contribution < -0.4 is 11.1 Å². The van der Waals surface area contributed by atoms with Crippen LogP contribution in [0.25, 0.3) is 0 Å². The van der Waals surface area contributed by atoms with E-state index in [1.54, 1.807) is 18.2 Å². The number of hydrogen-bond donors (Lipinski definition) is 3. The molecule has 17 heavy (non-hydrogen) atoms. The largest absolute Gasteiger partial charge is 0.382 e. The molecular formula is C11H11ClN4O. The lowest BCUT2D eigenvalue weighted by Crippen LogP contribution is -2.13. The summed E-state index contributed by atoms with van der Waals surface area (Å²) in [5.74, 6) is -0.0115. The number of benzene rings is 1. The van der Waals surface area contributed by atoms with Crippen molar-refractivity contribution in [3.8, 4) is 0 Å². The Morgan fingerprint density at radius 3 is 2.82 bits per heavy atom. The molecule has 5 nitrogen and oxygen atoms in total. The van der Waals surface area contributed by atoms with Crippen molar-refractivity contribution >= 4 is 29.0 Å². The van der Waals surface area contributed by atoms with Crippen LogP contribution in [0.1, 0.15) is 16.1 Å². The molecule has 0 bridgehead atoms. The predicted octanol–water partition coefficient (Wildman–Crippen LogP) is 2.21. The van der Waals surface area contributed by atoms with Crippen molar-refractivity contribution in [2.24, 2.45) is 0 Å². The van der Waals surface area contributed by atoms with Gasteiger partial charge < -0.3 is 11.1 Å². The van der Waals surface area contributed by atoms with Crippen LogP contribution in [-0.4, -0.2) is 16.1 Å². The van der Waals surface area contributed by atoms with E-state index in [2.05, 4.69) is 15.5 Å². The normalized spacial score (nSPS) is 10.2. The molecule has 6 heteroatoms. The molecule has 0 aliphatic rings. The third kappa shape index (κ3) is 2.57. The second kappa shape index (κ2) is 4.47. The first-order valence-electron chi connectivity index (χ1n) is 4.94. The number of carbonyl (C=O) groups is 1. The van der Waals surface area contributed by atoms with E-state index >= 15 is 0 Å². The molecule has 2 rings (SSSR count). The minimum atomic E-state index is -0.292. The molecule has 0 spiro atoms. The van der Waals surface area contributed by atoms with E-state index in [4.69, 9.17) is 17.3 Å². The van der Waals surface area contributed by atoms with Crippen LogP contribution in [0.3, 0.4) is 0 Å². The van der Waals surface area contributed by atoms with Gasteiger partial charge in [-0.1, -0.05) is 11.6 Å². The maximum absolute atomic E-state index is 11.8. The third-order valence-corrected chi connectivity index (χ3v) is 2.51. The summed E-state index contributed by atoms with van der Waals surface area (Å²) in [4.78, 5) is 11.8. The molecule has 1 heterocycles. The zero-order valence-corrected chi connectivity index (χ0v) is 9.88. The number of nitrogens with one attached hydrogen (secondary N) is 2. The van der Waals surface area contributed by atoms with Gasteiger partial charge in [0.15, 0.2) is 0 Å². The van der Waals surface area contributed by atoms with Gasteiger partial charge >= 0.3 is 0 Å². The second-order valence-corrected chi connectivity index (χ2v) is 4.06. The monoisotopic (exact) mass is 250 g/mol. The SMILES string of the molecule is Cc1cc(Cl)ccc1NC(=O)c1cc(N)n[nH]1. The van der Waals surface area contributed by atoms with Crippen molar-refractivity contribution in [1.82, 2.24) is 10.2 Å². The van der Waals surface area contributed by atoms with Crippen LogP contribution in [-0.2, 0) is 0 Å². The molecule has 1 aromatic carbocycles. The van der Waals surface area contributed by atoms with Gasteiger partial charge in [0.05, 0.1) is 0 Å². The maximum atomic E-state index is 11.8. The highest BCUT2D eigenvalue weighted by atomic mass is 35.5. The van der Waals surface area contributed by atoms with Crippen LogP contribution in [0.15, 0.2) is 24.3 Å². The predicted molar refractivity (Wildman–Crippen MR) is 67.1 cm³/mol. The van der Waals surface area contributed by atoms with E-state index in [9.17, 15) is 4.79 Å². The molecule has 0 saturated heterocycles. The molecule has 0 radical (unpaired) electrons. The number of anilines is 2. The Bertz CT molecular complexity index is 564. The third-order valence-electron chi connectivity index (χ3n) is 2.28. The highest BCUT2D eigenvalue weighted by molar-refractivity contribution is 6.30. The maximum Gasteiger partial charge on any atom is 0.273 e. The Kier molecular flexibility index (Phi) is 3.01. The van der Waals surface area contributed by atoms with Gasteiger partial charge in [0.2, 0.25) is 0 Å². The summed E-state index contributed by atoms with van der Waals surface area (Å²) in [5.41, 5.74) is 7.33. The van der Waals surface area contributed by atoms with Crippen molar-refractivity contribution in [2.75, 3.05) is 11.1 Å². The molecule has 0 aliphatic carbocycles. The van der Waals surface area contributed by atoms with Gasteiger partial charge in [-0.2, -0.15) is 5.10 Å². The number of aryl methyl sites for hydroxylation is 1. The standard InChI is InChI=1S/C11H11ClN4O/c1-6-4-7(12)2-3-8(6)14-11(17)9-5-10(13)16-15-9/h2-5H,1H3,(H,14,17)(H3,13,15,16). The second-order valence-electron chi connectivity index (χ2n) is 3.62. The Morgan fingerprint density at radius 1 is 1.47 bits per heavy atom. The number of nitrogen functional groups attached to an aromatic ring is 1. The number of H-pyrrole nitrogens is 1. The number of rotatable bonds is 2. The molecular weight excluding hydrogens is 240 g/mol. The molecule has 88 valence electrons. The zero-order chi connectivity index (χ0) is 12.4. The lowest BCUT2D eigenvalue weighted by molar-refractivity contribution is 0.102. The summed E-state index contributed by atoms with van der Waals surface area (Å²) in [6.45, 7) is 1.86. The highest BCUT2D eigenvalue weighted by Gasteiger charge is 2.10. The number of amides is 1. The van der Waals surface area contributed by atoms with E-state index in [0.717, 1.165) is 5.56 Å². The van der Waals surface area contributed by atoms with Gasteiger partial charge in [0, 0.05) is 16.8 Å². The zero-order valence-electron chi connectivity index (χ0n) is 9.12. The molecule has 0 aliphatic heterocycles. The quantitative estimate of drug-likeness (QED) is 0.764.